The molecule has 2 heterocycles. The molecule has 1 unspecified atom stereocenters. The molecule has 2 aliphatic rings. The van der Waals surface area contributed by atoms with Gasteiger partial charge in [0.05, 0.1) is 12.2 Å². The van der Waals surface area contributed by atoms with Crippen molar-refractivity contribution in [2.75, 3.05) is 19.7 Å². The molecule has 3 rings (SSSR count). The minimum atomic E-state index is -0.719. The van der Waals surface area contributed by atoms with Crippen LogP contribution in [0.3, 0.4) is 0 Å². The first kappa shape index (κ1) is 13.7. The molecule has 1 aromatic carbocycles. The molecule has 6 heteroatoms. The van der Waals surface area contributed by atoms with Crippen LogP contribution in [0.4, 0.5) is 0 Å². The average molecular weight is 290 g/mol. The van der Waals surface area contributed by atoms with Crippen molar-refractivity contribution in [2.45, 2.75) is 25.4 Å². The Morgan fingerprint density at radius 2 is 2.00 bits per heavy atom. The Balaban J connectivity index is 1.91. The van der Waals surface area contributed by atoms with Crippen molar-refractivity contribution in [1.29, 1.82) is 0 Å². The zero-order valence-corrected chi connectivity index (χ0v) is 11.7. The van der Waals surface area contributed by atoms with Gasteiger partial charge >= 0.3 is 0 Å². The second kappa shape index (κ2) is 5.63. The van der Waals surface area contributed by atoms with Crippen molar-refractivity contribution in [2.24, 2.45) is 5.73 Å². The smallest absolute Gasteiger partial charge is 0.258 e. The van der Waals surface area contributed by atoms with Crippen LogP contribution in [0.25, 0.3) is 0 Å². The third-order valence-electron chi connectivity index (χ3n) is 3.82. The summed E-state index contributed by atoms with van der Waals surface area (Å²) in [6, 6.07) is 5.15. The molecule has 0 spiro atoms. The predicted octanol–water partition coefficient (Wildman–Crippen LogP) is 0.938. The second-order valence-corrected chi connectivity index (χ2v) is 5.28. The Labute approximate surface area is 122 Å². The van der Waals surface area contributed by atoms with Gasteiger partial charge in [-0.25, -0.2) is 0 Å². The third-order valence-corrected chi connectivity index (χ3v) is 3.82. The lowest BCUT2D eigenvalue weighted by molar-refractivity contribution is -0.124. The summed E-state index contributed by atoms with van der Waals surface area (Å²) in [7, 11) is 0. The molecule has 0 radical (unpaired) electrons. The van der Waals surface area contributed by atoms with Gasteiger partial charge in [-0.2, -0.15) is 0 Å². The van der Waals surface area contributed by atoms with Crippen LogP contribution in [0, 0.1) is 0 Å². The van der Waals surface area contributed by atoms with Crippen LogP contribution in [0.5, 0.6) is 11.5 Å². The highest BCUT2D eigenvalue weighted by molar-refractivity contribution is 5.98. The maximum atomic E-state index is 12.5. The monoisotopic (exact) mass is 290 g/mol. The first-order valence-electron chi connectivity index (χ1n) is 7.18. The Morgan fingerprint density at radius 1 is 1.24 bits per heavy atom. The fourth-order valence-electron chi connectivity index (χ4n) is 2.70. The van der Waals surface area contributed by atoms with Gasteiger partial charge in [0, 0.05) is 19.5 Å². The van der Waals surface area contributed by atoms with E-state index < -0.39 is 12.0 Å². The van der Waals surface area contributed by atoms with E-state index in [1.807, 2.05) is 4.90 Å². The Morgan fingerprint density at radius 3 is 2.71 bits per heavy atom. The van der Waals surface area contributed by atoms with E-state index in [1.54, 1.807) is 18.2 Å². The quantitative estimate of drug-likeness (QED) is 0.878. The topological polar surface area (TPSA) is 81.9 Å². The van der Waals surface area contributed by atoms with E-state index in [0.717, 1.165) is 25.9 Å². The molecule has 2 aliphatic heterocycles. The van der Waals surface area contributed by atoms with Crippen LogP contribution < -0.4 is 15.2 Å². The average Bonchev–Trinajstić information content (AvgIpc) is 2.91. The zero-order valence-electron chi connectivity index (χ0n) is 11.7. The predicted molar refractivity (Wildman–Crippen MR) is 75.3 cm³/mol. The molecule has 1 saturated heterocycles. The largest absolute Gasteiger partial charge is 0.489 e. The van der Waals surface area contributed by atoms with Gasteiger partial charge in [0.25, 0.3) is 11.8 Å². The maximum Gasteiger partial charge on any atom is 0.258 e. The highest BCUT2D eigenvalue weighted by Gasteiger charge is 2.28. The Kier molecular flexibility index (Phi) is 3.68. The molecule has 112 valence electrons. The summed E-state index contributed by atoms with van der Waals surface area (Å²) in [4.78, 5) is 25.7. The van der Waals surface area contributed by atoms with Crippen LogP contribution >= 0.6 is 0 Å². The summed E-state index contributed by atoms with van der Waals surface area (Å²) in [5.74, 6) is 0.243. The molecule has 0 aromatic heterocycles. The number of hydrogen-bond acceptors (Lipinski definition) is 4. The van der Waals surface area contributed by atoms with Gasteiger partial charge in [-0.15, -0.1) is 0 Å². The zero-order chi connectivity index (χ0) is 14.8. The van der Waals surface area contributed by atoms with Gasteiger partial charge in [0.15, 0.2) is 17.6 Å². The number of nitrogens with zero attached hydrogens (tertiary/aromatic N) is 1. The molecule has 1 atom stereocenters. The van der Waals surface area contributed by atoms with E-state index in [-0.39, 0.29) is 5.91 Å². The van der Waals surface area contributed by atoms with Crippen molar-refractivity contribution in [3.8, 4) is 11.5 Å². The first-order chi connectivity index (χ1) is 10.2. The summed E-state index contributed by atoms with van der Waals surface area (Å²) >= 11 is 0. The number of carbonyl (C=O) groups excluding carboxylic acids is 2. The number of hydrogen-bond donors (Lipinski definition) is 1. The van der Waals surface area contributed by atoms with Crippen LogP contribution in [-0.2, 0) is 4.79 Å². The number of fused-ring (bicyclic) bond motifs is 1. The van der Waals surface area contributed by atoms with Crippen molar-refractivity contribution < 1.29 is 19.1 Å². The van der Waals surface area contributed by atoms with E-state index in [4.69, 9.17) is 15.2 Å². The molecule has 6 nitrogen and oxygen atoms in total. The van der Waals surface area contributed by atoms with Gasteiger partial charge in [-0.1, -0.05) is 6.07 Å². The highest BCUT2D eigenvalue weighted by Crippen LogP contribution is 2.35. The number of ether oxygens (including phenoxy) is 2. The van der Waals surface area contributed by atoms with Crippen LogP contribution in [0.1, 0.15) is 29.6 Å². The molecule has 1 aromatic rings. The van der Waals surface area contributed by atoms with E-state index >= 15 is 0 Å². The van der Waals surface area contributed by atoms with E-state index in [0.29, 0.717) is 30.1 Å². The number of benzene rings is 1. The maximum absolute atomic E-state index is 12.5. The third kappa shape index (κ3) is 2.66. The fourth-order valence-corrected chi connectivity index (χ4v) is 2.70. The lowest BCUT2D eigenvalue weighted by Gasteiger charge is -2.18. The number of rotatable bonds is 2. The highest BCUT2D eigenvalue weighted by atomic mass is 16.5. The van der Waals surface area contributed by atoms with Crippen LogP contribution in [0.15, 0.2) is 18.2 Å². The molecule has 21 heavy (non-hydrogen) atoms. The number of para-hydroxylation sites is 1. The van der Waals surface area contributed by atoms with E-state index in [9.17, 15) is 9.59 Å². The molecule has 1 fully saturated rings. The van der Waals surface area contributed by atoms with Crippen LogP contribution in [-0.4, -0.2) is 42.5 Å². The molecular weight excluding hydrogens is 272 g/mol. The summed E-state index contributed by atoms with van der Waals surface area (Å²) in [5.41, 5.74) is 5.78. The molecule has 2 N–H and O–H groups in total. The first-order valence-corrected chi connectivity index (χ1v) is 7.18. The lowest BCUT2D eigenvalue weighted by Crippen LogP contribution is -2.33. The minimum Gasteiger partial charge on any atom is -0.489 e. The van der Waals surface area contributed by atoms with E-state index in [1.165, 1.54) is 0 Å². The summed E-state index contributed by atoms with van der Waals surface area (Å²) in [6.07, 6.45) is 1.72. The van der Waals surface area contributed by atoms with Gasteiger partial charge < -0.3 is 20.1 Å². The molecule has 0 bridgehead atoms. The number of carbonyl (C=O) groups is 2. The number of amides is 2. The lowest BCUT2D eigenvalue weighted by atomic mass is 10.1. The minimum absolute atomic E-state index is 0.0505. The number of likely N-dealkylation sites (tertiary alicyclic amines) is 1. The van der Waals surface area contributed by atoms with Crippen LogP contribution in [0.2, 0.25) is 0 Å². The van der Waals surface area contributed by atoms with Crippen molar-refractivity contribution in [1.82, 2.24) is 4.90 Å². The number of nitrogens with two attached hydrogens (primary N) is 1. The SMILES string of the molecule is NC(=O)C1CCOc2c(cccc2C(=O)N2CCCC2)O1. The Hall–Kier alpha value is -2.24. The van der Waals surface area contributed by atoms with Gasteiger partial charge in [-0.3, -0.25) is 9.59 Å². The fraction of sp³-hybridized carbons (Fsp3) is 0.467. The molecule has 2 amide bonds. The number of primary amides is 1. The van der Waals surface area contributed by atoms with Gasteiger partial charge in [0.1, 0.15) is 0 Å². The van der Waals surface area contributed by atoms with Crippen molar-refractivity contribution >= 4 is 11.8 Å². The standard InChI is InChI=1S/C15H18N2O4/c16-14(18)12-6-9-20-13-10(4-3-5-11(13)21-12)15(19)17-7-1-2-8-17/h3-5,12H,1-2,6-9H2,(H2,16,18). The molecular formula is C15H18N2O4. The normalized spacial score (nSPS) is 21.0. The van der Waals surface area contributed by atoms with Crippen molar-refractivity contribution in [3.05, 3.63) is 23.8 Å². The molecule has 0 saturated carbocycles. The second-order valence-electron chi connectivity index (χ2n) is 5.28. The summed E-state index contributed by atoms with van der Waals surface area (Å²) < 4.78 is 11.3. The van der Waals surface area contributed by atoms with Gasteiger partial charge in [0.2, 0.25) is 0 Å². The van der Waals surface area contributed by atoms with E-state index in [2.05, 4.69) is 0 Å². The van der Waals surface area contributed by atoms with Crippen molar-refractivity contribution in [3.63, 3.8) is 0 Å². The molecule has 0 aliphatic carbocycles. The Bertz CT molecular complexity index is 567. The summed E-state index contributed by atoms with van der Waals surface area (Å²) in [5, 5.41) is 0. The summed E-state index contributed by atoms with van der Waals surface area (Å²) in [6.45, 7) is 1.84. The van der Waals surface area contributed by atoms with Gasteiger partial charge in [-0.05, 0) is 25.0 Å².